The summed E-state index contributed by atoms with van der Waals surface area (Å²) in [6.45, 7) is -0.448. The van der Waals surface area contributed by atoms with Crippen molar-refractivity contribution in [3.05, 3.63) is 101 Å². The summed E-state index contributed by atoms with van der Waals surface area (Å²) in [5.41, 5.74) is 3.23. The van der Waals surface area contributed by atoms with Crippen molar-refractivity contribution in [3.63, 3.8) is 0 Å². The number of fused-ring (bicyclic) bond motifs is 1. The first-order valence-electron chi connectivity index (χ1n) is 11.0. The highest BCUT2D eigenvalue weighted by Gasteiger charge is 2.25. The third-order valence-electron chi connectivity index (χ3n) is 5.58. The summed E-state index contributed by atoms with van der Waals surface area (Å²) < 4.78 is 5.32. The molecule has 1 heterocycles. The average Bonchev–Trinajstić information content (AvgIpc) is 2.87. The number of aryl methyl sites for hydroxylation is 1. The van der Waals surface area contributed by atoms with Gasteiger partial charge < -0.3 is 15.4 Å². The minimum absolute atomic E-state index is 0.0532. The first kappa shape index (κ1) is 22.9. The zero-order chi connectivity index (χ0) is 23.9. The molecule has 0 fully saturated rings. The molecule has 34 heavy (non-hydrogen) atoms. The van der Waals surface area contributed by atoms with Crippen molar-refractivity contribution in [2.24, 2.45) is 0 Å². The van der Waals surface area contributed by atoms with Gasteiger partial charge in [-0.05, 0) is 47.9 Å². The van der Waals surface area contributed by atoms with Crippen LogP contribution in [0.1, 0.15) is 38.3 Å². The number of hydrogen-bond donors (Lipinski definition) is 2. The summed E-state index contributed by atoms with van der Waals surface area (Å²) in [6.07, 6.45) is 1.14. The average molecular weight is 456 g/mol. The van der Waals surface area contributed by atoms with Crippen LogP contribution in [0.4, 0.5) is 5.69 Å². The van der Waals surface area contributed by atoms with Crippen LogP contribution in [-0.4, -0.2) is 36.2 Å². The minimum atomic E-state index is -0.957. The molecule has 0 saturated carbocycles. The van der Waals surface area contributed by atoms with E-state index in [1.807, 2.05) is 30.3 Å². The van der Waals surface area contributed by atoms with Gasteiger partial charge >= 0.3 is 5.97 Å². The number of amides is 2. The summed E-state index contributed by atoms with van der Waals surface area (Å²) in [6, 6.07) is 21.9. The van der Waals surface area contributed by atoms with E-state index in [1.54, 1.807) is 48.5 Å². The van der Waals surface area contributed by atoms with E-state index in [9.17, 15) is 19.2 Å². The molecule has 1 aliphatic heterocycles. The molecule has 0 saturated heterocycles. The Labute approximate surface area is 197 Å². The van der Waals surface area contributed by atoms with Crippen molar-refractivity contribution >= 4 is 29.3 Å². The van der Waals surface area contributed by atoms with Crippen molar-refractivity contribution in [2.45, 2.75) is 25.3 Å². The Bertz CT molecular complexity index is 1210. The second-order valence-corrected chi connectivity index (χ2v) is 8.03. The van der Waals surface area contributed by atoms with Crippen molar-refractivity contribution in [2.75, 3.05) is 11.9 Å². The lowest BCUT2D eigenvalue weighted by Crippen LogP contribution is -2.43. The number of ketones is 1. The van der Waals surface area contributed by atoms with Crippen molar-refractivity contribution in [3.8, 4) is 0 Å². The van der Waals surface area contributed by atoms with Crippen LogP contribution in [-0.2, 0) is 27.2 Å². The van der Waals surface area contributed by atoms with Crippen LogP contribution in [0.3, 0.4) is 0 Å². The number of carbonyl (C=O) groups excluding carboxylic acids is 4. The summed E-state index contributed by atoms with van der Waals surface area (Å²) in [7, 11) is 0. The maximum Gasteiger partial charge on any atom is 0.329 e. The predicted octanol–water partition coefficient (Wildman–Crippen LogP) is 3.34. The maximum atomic E-state index is 12.9. The molecule has 0 bridgehead atoms. The number of esters is 1. The fourth-order valence-electron chi connectivity index (χ4n) is 3.75. The van der Waals surface area contributed by atoms with Crippen LogP contribution in [0.5, 0.6) is 0 Å². The molecule has 2 N–H and O–H groups in total. The van der Waals surface area contributed by atoms with Gasteiger partial charge in [-0.1, -0.05) is 48.5 Å². The molecule has 4 rings (SSSR count). The molecule has 0 aliphatic carbocycles. The number of nitrogens with one attached hydrogen (secondary N) is 2. The van der Waals surface area contributed by atoms with E-state index in [2.05, 4.69) is 10.6 Å². The number of rotatable bonds is 8. The Morgan fingerprint density at radius 2 is 1.59 bits per heavy atom. The van der Waals surface area contributed by atoms with Crippen molar-refractivity contribution in [1.29, 1.82) is 0 Å². The monoisotopic (exact) mass is 456 g/mol. The van der Waals surface area contributed by atoms with Gasteiger partial charge in [-0.2, -0.15) is 0 Å². The van der Waals surface area contributed by atoms with Crippen LogP contribution in [0, 0.1) is 0 Å². The van der Waals surface area contributed by atoms with Crippen LogP contribution in [0.25, 0.3) is 0 Å². The Kier molecular flexibility index (Phi) is 7.13. The van der Waals surface area contributed by atoms with E-state index in [0.717, 1.165) is 11.1 Å². The van der Waals surface area contributed by atoms with E-state index >= 15 is 0 Å². The highest BCUT2D eigenvalue weighted by molar-refractivity contribution is 6.01. The molecule has 1 unspecified atom stereocenters. The largest absolute Gasteiger partial charge is 0.456 e. The number of hydrogen-bond acceptors (Lipinski definition) is 5. The SMILES string of the molecule is O=C1CCc2cc(C(=O)COC(=O)C(Cc3ccccc3)NC(=O)c3ccccc3)ccc2N1. The Balaban J connectivity index is 1.43. The predicted molar refractivity (Wildman–Crippen MR) is 127 cm³/mol. The smallest absolute Gasteiger partial charge is 0.329 e. The normalized spacial score (nSPS) is 13.2. The zero-order valence-corrected chi connectivity index (χ0v) is 18.5. The van der Waals surface area contributed by atoms with E-state index in [4.69, 9.17) is 4.74 Å². The molecule has 7 nitrogen and oxygen atoms in total. The van der Waals surface area contributed by atoms with Gasteiger partial charge in [0.05, 0.1) is 0 Å². The molecular formula is C27H24N2O5. The third-order valence-corrected chi connectivity index (χ3v) is 5.58. The fourth-order valence-corrected chi connectivity index (χ4v) is 3.75. The van der Waals surface area contributed by atoms with Gasteiger partial charge in [-0.15, -0.1) is 0 Å². The molecule has 7 heteroatoms. The Morgan fingerprint density at radius 3 is 2.32 bits per heavy atom. The van der Waals surface area contributed by atoms with Crippen LogP contribution in [0.2, 0.25) is 0 Å². The third kappa shape index (κ3) is 5.75. The number of anilines is 1. The molecule has 1 atom stereocenters. The number of Topliss-reactive ketones (excluding diaryl/α,β-unsaturated/α-hetero) is 1. The van der Waals surface area contributed by atoms with E-state index in [0.29, 0.717) is 29.7 Å². The van der Waals surface area contributed by atoms with E-state index in [1.165, 1.54) is 0 Å². The fraction of sp³-hybridized carbons (Fsp3) is 0.185. The highest BCUT2D eigenvalue weighted by Crippen LogP contribution is 2.23. The second kappa shape index (κ2) is 10.6. The summed E-state index contributed by atoms with van der Waals surface area (Å²) in [4.78, 5) is 49.7. The zero-order valence-electron chi connectivity index (χ0n) is 18.5. The number of carbonyl (C=O) groups is 4. The van der Waals surface area contributed by atoms with Gasteiger partial charge in [-0.25, -0.2) is 4.79 Å². The number of ether oxygens (including phenoxy) is 1. The Morgan fingerprint density at radius 1 is 0.882 bits per heavy atom. The van der Waals surface area contributed by atoms with Gasteiger partial charge in [0.25, 0.3) is 5.91 Å². The summed E-state index contributed by atoms with van der Waals surface area (Å²) in [5, 5.41) is 5.50. The lowest BCUT2D eigenvalue weighted by Gasteiger charge is -2.19. The van der Waals surface area contributed by atoms with Crippen LogP contribution in [0.15, 0.2) is 78.9 Å². The number of benzene rings is 3. The first-order chi connectivity index (χ1) is 16.5. The molecule has 0 radical (unpaired) electrons. The molecule has 172 valence electrons. The van der Waals surface area contributed by atoms with Gasteiger partial charge in [0.1, 0.15) is 6.04 Å². The lowest BCUT2D eigenvalue weighted by molar-refractivity contribution is -0.144. The summed E-state index contributed by atoms with van der Waals surface area (Å²) in [5.74, 6) is -1.50. The van der Waals surface area contributed by atoms with Crippen molar-refractivity contribution in [1.82, 2.24) is 5.32 Å². The highest BCUT2D eigenvalue weighted by atomic mass is 16.5. The van der Waals surface area contributed by atoms with Gasteiger partial charge in [-0.3, -0.25) is 14.4 Å². The van der Waals surface area contributed by atoms with E-state index < -0.39 is 24.5 Å². The Hall–Kier alpha value is -4.26. The first-order valence-corrected chi connectivity index (χ1v) is 11.0. The molecule has 1 aliphatic rings. The van der Waals surface area contributed by atoms with Gasteiger partial charge in [0, 0.05) is 29.7 Å². The standard InChI is InChI=1S/C27H24N2O5/c30-24(21-11-13-22-20(16-21)12-14-25(31)28-22)17-34-27(33)23(15-18-7-3-1-4-8-18)29-26(32)19-9-5-2-6-10-19/h1-11,13,16,23H,12,14-15,17H2,(H,28,31)(H,29,32). The second-order valence-electron chi connectivity index (χ2n) is 8.03. The maximum absolute atomic E-state index is 12.9. The van der Waals surface area contributed by atoms with E-state index in [-0.39, 0.29) is 18.1 Å². The molecule has 3 aromatic carbocycles. The lowest BCUT2D eigenvalue weighted by atomic mass is 9.99. The van der Waals surface area contributed by atoms with Gasteiger partial charge in [0.15, 0.2) is 12.4 Å². The molecule has 3 aromatic rings. The van der Waals surface area contributed by atoms with Gasteiger partial charge in [0.2, 0.25) is 5.91 Å². The minimum Gasteiger partial charge on any atom is -0.456 e. The molecule has 0 spiro atoms. The van der Waals surface area contributed by atoms with Crippen LogP contribution < -0.4 is 10.6 Å². The molecular weight excluding hydrogens is 432 g/mol. The molecule has 2 amide bonds. The quantitative estimate of drug-likeness (QED) is 0.400. The van der Waals surface area contributed by atoms with Crippen molar-refractivity contribution < 1.29 is 23.9 Å². The van der Waals surface area contributed by atoms with Crippen LogP contribution >= 0.6 is 0 Å². The topological polar surface area (TPSA) is 102 Å². The summed E-state index contributed by atoms with van der Waals surface area (Å²) >= 11 is 0. The molecule has 0 aromatic heterocycles.